The first-order valence-electron chi connectivity index (χ1n) is 17.0. The van der Waals surface area contributed by atoms with Crippen molar-refractivity contribution in [2.75, 3.05) is 20.0 Å². The molecule has 262 valence electrons. The Morgan fingerprint density at radius 3 is 1.53 bits per heavy atom. The number of aromatic nitrogens is 6. The van der Waals surface area contributed by atoms with Crippen LogP contribution in [0.5, 0.6) is 11.5 Å². The van der Waals surface area contributed by atoms with Crippen molar-refractivity contribution in [3.05, 3.63) is 95.6 Å². The van der Waals surface area contributed by atoms with Crippen molar-refractivity contribution in [1.29, 1.82) is 0 Å². The molecule has 2 saturated carbocycles. The van der Waals surface area contributed by atoms with Crippen LogP contribution in [0, 0.1) is 0 Å². The lowest BCUT2D eigenvalue weighted by molar-refractivity contribution is -0.117. The molecule has 2 aliphatic carbocycles. The molecule has 8 rings (SSSR count). The molecule has 2 fully saturated rings. The zero-order chi connectivity index (χ0) is 35.3. The van der Waals surface area contributed by atoms with Crippen molar-refractivity contribution in [2.45, 2.75) is 57.0 Å². The van der Waals surface area contributed by atoms with Crippen molar-refractivity contribution in [1.82, 2.24) is 33.5 Å². The largest absolute Gasteiger partial charge is 0.493 e. The molecule has 13 nitrogen and oxygen atoms in total. The average Bonchev–Trinajstić information content (AvgIpc) is 4.08. The second-order valence-electron chi connectivity index (χ2n) is 13.2. The van der Waals surface area contributed by atoms with Crippen LogP contribution < -0.4 is 15.2 Å². The number of rotatable bonds is 14. The van der Waals surface area contributed by atoms with Gasteiger partial charge in [0.1, 0.15) is 0 Å². The highest BCUT2D eigenvalue weighted by molar-refractivity contribution is 7.89. The van der Waals surface area contributed by atoms with E-state index < -0.39 is 15.9 Å². The lowest BCUT2D eigenvalue weighted by Gasteiger charge is -2.23. The summed E-state index contributed by atoms with van der Waals surface area (Å²) in [4.78, 5) is 21.1. The number of pyridine rings is 2. The normalized spacial score (nSPS) is 14.8. The molecule has 2 aromatic carbocycles. The summed E-state index contributed by atoms with van der Waals surface area (Å²) < 4.78 is 43.4. The standard InChI is InChI=1S/C37H38N8O5S/c1-49-31-17-15-29(44-36(31)39-34(41-44)27-11-12-27)25-7-3-23(4-8-25)21-43(51(47,48)20-19-33(38)46)22-24-5-9-26(10-6-24)30-16-18-32(50-2)37-40-35(28-13-14-28)42-45(30)37/h3-10,15-18,27-28H,11-14,19-22H2,1-2H3,(H2,38,46). The molecule has 0 spiro atoms. The number of nitrogens with two attached hydrogens (primary N) is 1. The Bertz CT molecular complexity index is 2220. The fraction of sp³-hybridized carbons (Fsp3) is 0.324. The van der Waals surface area contributed by atoms with Crippen molar-refractivity contribution in [3.8, 4) is 34.0 Å². The van der Waals surface area contributed by atoms with Gasteiger partial charge in [-0.2, -0.15) is 14.5 Å². The van der Waals surface area contributed by atoms with E-state index in [1.54, 1.807) is 14.2 Å². The molecule has 4 aromatic heterocycles. The van der Waals surface area contributed by atoms with Crippen molar-refractivity contribution in [2.24, 2.45) is 5.73 Å². The second kappa shape index (κ2) is 13.1. The number of hydrogen-bond donors (Lipinski definition) is 1. The van der Waals surface area contributed by atoms with Gasteiger partial charge in [-0.3, -0.25) is 4.79 Å². The Morgan fingerprint density at radius 2 is 1.16 bits per heavy atom. The van der Waals surface area contributed by atoms with Crippen LogP contribution in [0.2, 0.25) is 0 Å². The van der Waals surface area contributed by atoms with Gasteiger partial charge in [-0.25, -0.2) is 27.4 Å². The Balaban J connectivity index is 1.06. The van der Waals surface area contributed by atoms with Gasteiger partial charge in [0.05, 0.1) is 31.4 Å². The summed E-state index contributed by atoms with van der Waals surface area (Å²) in [5.41, 5.74) is 11.8. The predicted octanol–water partition coefficient (Wildman–Crippen LogP) is 5.09. The van der Waals surface area contributed by atoms with Gasteiger partial charge in [0.2, 0.25) is 15.9 Å². The van der Waals surface area contributed by atoms with Gasteiger partial charge in [0.25, 0.3) is 0 Å². The van der Waals surface area contributed by atoms with E-state index in [2.05, 4.69) is 0 Å². The Kier molecular flexibility index (Phi) is 8.43. The molecule has 0 radical (unpaired) electrons. The van der Waals surface area contributed by atoms with Crippen LogP contribution in [-0.2, 0) is 27.9 Å². The number of fused-ring (bicyclic) bond motifs is 2. The van der Waals surface area contributed by atoms with Crippen LogP contribution in [-0.4, -0.2) is 67.8 Å². The number of primary amides is 1. The fourth-order valence-corrected chi connectivity index (χ4v) is 7.68. The topological polar surface area (TPSA) is 159 Å². The number of amides is 1. The Hall–Kier alpha value is -5.34. The van der Waals surface area contributed by atoms with E-state index >= 15 is 0 Å². The van der Waals surface area contributed by atoms with Crippen LogP contribution in [0.1, 0.15) is 66.7 Å². The quantitative estimate of drug-likeness (QED) is 0.163. The number of benzene rings is 2. The third-order valence-corrected chi connectivity index (χ3v) is 11.2. The first-order chi connectivity index (χ1) is 24.7. The number of carbonyl (C=O) groups excluding carboxylic acids is 1. The summed E-state index contributed by atoms with van der Waals surface area (Å²) in [5.74, 6) is 2.67. The summed E-state index contributed by atoms with van der Waals surface area (Å²) in [6, 6.07) is 23.1. The average molecular weight is 707 g/mol. The third-order valence-electron chi connectivity index (χ3n) is 9.47. The van der Waals surface area contributed by atoms with Crippen molar-refractivity contribution in [3.63, 3.8) is 0 Å². The van der Waals surface area contributed by atoms with Crippen LogP contribution in [0.4, 0.5) is 0 Å². The molecule has 2 aliphatic rings. The number of methoxy groups -OCH3 is 2. The van der Waals surface area contributed by atoms with Gasteiger partial charge in [-0.05, 0) is 61.1 Å². The highest BCUT2D eigenvalue weighted by Crippen LogP contribution is 2.40. The lowest BCUT2D eigenvalue weighted by atomic mass is 10.1. The number of hydrogen-bond acceptors (Lipinski definition) is 9. The maximum atomic E-state index is 13.6. The maximum absolute atomic E-state index is 13.6. The molecular formula is C37H38N8O5S. The summed E-state index contributed by atoms with van der Waals surface area (Å²) >= 11 is 0. The first kappa shape index (κ1) is 32.8. The number of carbonyl (C=O) groups is 1. The van der Waals surface area contributed by atoms with Gasteiger partial charge in [-0.15, -0.1) is 0 Å². The molecule has 51 heavy (non-hydrogen) atoms. The highest BCUT2D eigenvalue weighted by Gasteiger charge is 2.30. The van der Waals surface area contributed by atoms with Gasteiger partial charge >= 0.3 is 0 Å². The lowest BCUT2D eigenvalue weighted by Crippen LogP contribution is -2.33. The SMILES string of the molecule is COc1ccc(-c2ccc(CN(Cc3ccc(-c4ccc(OC)c5nc(C6CC6)nn45)cc3)S(=O)(=O)CCC(N)=O)cc2)n2nc(C3CC3)nc12. The smallest absolute Gasteiger partial charge is 0.218 e. The molecule has 0 bridgehead atoms. The number of sulfonamides is 1. The van der Waals surface area contributed by atoms with Crippen LogP contribution in [0.3, 0.4) is 0 Å². The van der Waals surface area contributed by atoms with Crippen LogP contribution in [0.25, 0.3) is 33.8 Å². The molecule has 0 unspecified atom stereocenters. The molecule has 0 aliphatic heterocycles. The fourth-order valence-electron chi connectivity index (χ4n) is 6.28. The highest BCUT2D eigenvalue weighted by atomic mass is 32.2. The zero-order valence-electron chi connectivity index (χ0n) is 28.4. The van der Waals surface area contributed by atoms with Gasteiger partial charge in [0.15, 0.2) is 34.4 Å². The Labute approximate surface area is 295 Å². The summed E-state index contributed by atoms with van der Waals surface area (Å²) in [6.07, 6.45) is 4.08. The molecule has 0 saturated heterocycles. The van der Waals surface area contributed by atoms with Gasteiger partial charge in [-0.1, -0.05) is 48.5 Å². The monoisotopic (exact) mass is 706 g/mol. The molecule has 2 N–H and O–H groups in total. The van der Waals surface area contributed by atoms with E-state index in [9.17, 15) is 13.2 Å². The van der Waals surface area contributed by atoms with Crippen LogP contribution >= 0.6 is 0 Å². The van der Waals surface area contributed by atoms with E-state index in [1.807, 2.05) is 81.8 Å². The summed E-state index contributed by atoms with van der Waals surface area (Å²) in [5, 5.41) is 9.58. The molecule has 6 aromatic rings. The third kappa shape index (κ3) is 6.64. The zero-order valence-corrected chi connectivity index (χ0v) is 29.2. The first-order valence-corrected chi connectivity index (χ1v) is 18.6. The number of nitrogens with zero attached hydrogens (tertiary/aromatic N) is 7. The molecule has 14 heteroatoms. The summed E-state index contributed by atoms with van der Waals surface area (Å²) in [6.45, 7) is 0.219. The predicted molar refractivity (Wildman–Crippen MR) is 191 cm³/mol. The summed E-state index contributed by atoms with van der Waals surface area (Å²) in [7, 11) is -0.613. The van der Waals surface area contributed by atoms with E-state index in [4.69, 9.17) is 35.4 Å². The van der Waals surface area contributed by atoms with E-state index in [0.29, 0.717) is 34.6 Å². The molecular weight excluding hydrogens is 669 g/mol. The second-order valence-corrected chi connectivity index (χ2v) is 15.3. The number of ether oxygens (including phenoxy) is 2. The molecule has 4 heterocycles. The minimum absolute atomic E-state index is 0.109. The van der Waals surface area contributed by atoms with Gasteiger partial charge < -0.3 is 15.2 Å². The van der Waals surface area contributed by atoms with Gasteiger partial charge in [0, 0.05) is 42.5 Å². The maximum Gasteiger partial charge on any atom is 0.218 e. The van der Waals surface area contributed by atoms with Crippen molar-refractivity contribution >= 4 is 27.2 Å². The van der Waals surface area contributed by atoms with E-state index in [1.165, 1.54) is 4.31 Å². The molecule has 1 amide bonds. The molecule has 0 atom stereocenters. The minimum Gasteiger partial charge on any atom is -0.493 e. The van der Waals surface area contributed by atoms with E-state index in [-0.39, 0.29) is 25.3 Å². The van der Waals surface area contributed by atoms with E-state index in [0.717, 1.165) is 71.0 Å². The van der Waals surface area contributed by atoms with Crippen molar-refractivity contribution < 1.29 is 22.7 Å². The Morgan fingerprint density at radius 1 is 0.725 bits per heavy atom. The van der Waals surface area contributed by atoms with Crippen LogP contribution in [0.15, 0.2) is 72.8 Å². The minimum atomic E-state index is -3.85.